The van der Waals surface area contributed by atoms with Crippen LogP contribution in [-0.4, -0.2) is 5.71 Å². The van der Waals surface area contributed by atoms with E-state index in [9.17, 15) is 0 Å². The van der Waals surface area contributed by atoms with Gasteiger partial charge in [-0.05, 0) is 63.2 Å². The molecule has 0 bridgehead atoms. The minimum Gasteiger partial charge on any atom is -0.399 e. The maximum absolute atomic E-state index is 6.10. The number of benzene rings is 4. The molecule has 0 aromatic heterocycles. The largest absolute Gasteiger partial charge is 0.399 e. The van der Waals surface area contributed by atoms with E-state index in [0.29, 0.717) is 6.54 Å². The van der Waals surface area contributed by atoms with Gasteiger partial charge in [-0.3, -0.25) is 4.99 Å². The number of aliphatic imine (C=N–C) groups is 1. The van der Waals surface area contributed by atoms with Gasteiger partial charge in [0.1, 0.15) is 0 Å². The van der Waals surface area contributed by atoms with Crippen molar-refractivity contribution in [1.29, 1.82) is 0 Å². The molecular formula is C23H20N4. The van der Waals surface area contributed by atoms with Gasteiger partial charge < -0.3 is 17.2 Å². The summed E-state index contributed by atoms with van der Waals surface area (Å²) in [6.45, 7) is 0.521. The van der Waals surface area contributed by atoms with Crippen molar-refractivity contribution in [3.8, 4) is 0 Å². The molecule has 0 unspecified atom stereocenters. The van der Waals surface area contributed by atoms with Gasteiger partial charge in [0, 0.05) is 29.7 Å². The Bertz CT molecular complexity index is 1250. The van der Waals surface area contributed by atoms with E-state index in [0.717, 1.165) is 56.5 Å². The second-order valence-corrected chi connectivity index (χ2v) is 7.08. The maximum Gasteiger partial charge on any atom is 0.0754 e. The van der Waals surface area contributed by atoms with Crippen LogP contribution in [0.4, 0.5) is 17.1 Å². The van der Waals surface area contributed by atoms with Gasteiger partial charge in [-0.1, -0.05) is 30.3 Å². The van der Waals surface area contributed by atoms with E-state index in [1.165, 1.54) is 10.9 Å². The number of anilines is 2. The lowest BCUT2D eigenvalue weighted by Crippen LogP contribution is -2.03. The normalized spacial score (nSPS) is 13.1. The summed E-state index contributed by atoms with van der Waals surface area (Å²) in [5, 5.41) is 4.59. The van der Waals surface area contributed by atoms with Crippen molar-refractivity contribution in [2.45, 2.75) is 13.0 Å². The highest BCUT2D eigenvalue weighted by Gasteiger charge is 2.22. The Balaban J connectivity index is 1.81. The summed E-state index contributed by atoms with van der Waals surface area (Å²) < 4.78 is 0. The molecule has 0 saturated carbocycles. The van der Waals surface area contributed by atoms with Gasteiger partial charge in [-0.2, -0.15) is 0 Å². The Morgan fingerprint density at radius 3 is 2.22 bits per heavy atom. The van der Waals surface area contributed by atoms with Gasteiger partial charge in [0.25, 0.3) is 0 Å². The molecular weight excluding hydrogens is 332 g/mol. The highest BCUT2D eigenvalue weighted by molar-refractivity contribution is 6.21. The van der Waals surface area contributed by atoms with Crippen molar-refractivity contribution in [2.24, 2.45) is 10.7 Å². The number of nitrogens with two attached hydrogens (primary N) is 3. The van der Waals surface area contributed by atoms with E-state index in [1.807, 2.05) is 30.3 Å². The Morgan fingerprint density at radius 2 is 1.48 bits per heavy atom. The predicted octanol–water partition coefficient (Wildman–Crippen LogP) is 4.29. The maximum atomic E-state index is 6.10. The van der Waals surface area contributed by atoms with Gasteiger partial charge >= 0.3 is 0 Å². The van der Waals surface area contributed by atoms with E-state index in [4.69, 9.17) is 22.2 Å². The molecule has 4 heteroatoms. The molecule has 1 aliphatic heterocycles. The summed E-state index contributed by atoms with van der Waals surface area (Å²) in [6, 6.07) is 20.4. The SMILES string of the molecule is NCc1cccc(C2=Nc3c(c4cc(N)ccc4c4ccc(N)cc34)C2)c1. The molecule has 0 amide bonds. The second kappa shape index (κ2) is 5.83. The molecule has 4 aromatic rings. The van der Waals surface area contributed by atoms with Crippen LogP contribution in [0.3, 0.4) is 0 Å². The number of nitrogens with zero attached hydrogens (tertiary/aromatic N) is 1. The van der Waals surface area contributed by atoms with Crippen LogP contribution in [-0.2, 0) is 13.0 Å². The van der Waals surface area contributed by atoms with Gasteiger partial charge in [0.05, 0.1) is 11.4 Å². The molecule has 0 saturated heterocycles. The number of rotatable bonds is 2. The Morgan fingerprint density at radius 1 is 0.778 bits per heavy atom. The molecule has 132 valence electrons. The molecule has 0 radical (unpaired) electrons. The zero-order valence-corrected chi connectivity index (χ0v) is 14.9. The Hall–Kier alpha value is -3.37. The Kier molecular flexibility index (Phi) is 3.42. The summed E-state index contributed by atoms with van der Waals surface area (Å²) in [5.74, 6) is 0. The molecule has 1 heterocycles. The molecule has 5 rings (SSSR count). The van der Waals surface area contributed by atoms with Crippen LogP contribution in [0.2, 0.25) is 0 Å². The molecule has 4 nitrogen and oxygen atoms in total. The van der Waals surface area contributed by atoms with E-state index < -0.39 is 0 Å². The smallest absolute Gasteiger partial charge is 0.0754 e. The van der Waals surface area contributed by atoms with Gasteiger partial charge in [-0.25, -0.2) is 0 Å². The molecule has 0 aliphatic carbocycles. The van der Waals surface area contributed by atoms with Crippen LogP contribution in [0, 0.1) is 0 Å². The number of nitrogen functional groups attached to an aromatic ring is 2. The number of hydrogen-bond donors (Lipinski definition) is 3. The second-order valence-electron chi connectivity index (χ2n) is 7.08. The van der Waals surface area contributed by atoms with Crippen molar-refractivity contribution in [2.75, 3.05) is 11.5 Å². The molecule has 0 fully saturated rings. The fourth-order valence-corrected chi connectivity index (χ4v) is 4.02. The first kappa shape index (κ1) is 15.9. The Labute approximate surface area is 157 Å². The van der Waals surface area contributed by atoms with Crippen molar-refractivity contribution < 1.29 is 0 Å². The summed E-state index contributed by atoms with van der Waals surface area (Å²) in [5.41, 5.74) is 25.0. The molecule has 1 aliphatic rings. The van der Waals surface area contributed by atoms with Crippen LogP contribution in [0.1, 0.15) is 16.7 Å². The quantitative estimate of drug-likeness (QED) is 0.371. The van der Waals surface area contributed by atoms with Crippen LogP contribution in [0.25, 0.3) is 21.5 Å². The lowest BCUT2D eigenvalue weighted by atomic mass is 9.92. The molecule has 0 spiro atoms. The fraction of sp³-hybridized carbons (Fsp3) is 0.0870. The van der Waals surface area contributed by atoms with Crippen molar-refractivity contribution in [3.63, 3.8) is 0 Å². The van der Waals surface area contributed by atoms with Crippen molar-refractivity contribution >= 4 is 44.3 Å². The first-order valence-electron chi connectivity index (χ1n) is 9.04. The summed E-state index contributed by atoms with van der Waals surface area (Å²) in [7, 11) is 0. The van der Waals surface area contributed by atoms with Crippen LogP contribution < -0.4 is 17.2 Å². The predicted molar refractivity (Wildman–Crippen MR) is 115 cm³/mol. The third kappa shape index (κ3) is 2.46. The van der Waals surface area contributed by atoms with E-state index in [1.54, 1.807) is 0 Å². The zero-order chi connectivity index (χ0) is 18.5. The van der Waals surface area contributed by atoms with Gasteiger partial charge in [0.2, 0.25) is 0 Å². The standard InChI is InChI=1S/C23H20N4/c24-12-13-2-1-3-14(8-13)22-11-21-19-9-15(25)4-6-17(19)18-7-5-16(26)10-20(18)23(21)27-22/h1-10H,11-12,24-26H2. The summed E-state index contributed by atoms with van der Waals surface area (Å²) >= 11 is 0. The molecule has 6 N–H and O–H groups in total. The number of hydrogen-bond acceptors (Lipinski definition) is 4. The van der Waals surface area contributed by atoms with Crippen molar-refractivity contribution in [3.05, 3.63) is 77.4 Å². The lowest BCUT2D eigenvalue weighted by Gasteiger charge is -2.11. The monoisotopic (exact) mass is 352 g/mol. The summed E-state index contributed by atoms with van der Waals surface area (Å²) in [4.78, 5) is 5.03. The fourth-order valence-electron chi connectivity index (χ4n) is 4.02. The first-order valence-corrected chi connectivity index (χ1v) is 9.04. The van der Waals surface area contributed by atoms with Crippen LogP contribution in [0.15, 0.2) is 65.7 Å². The van der Waals surface area contributed by atoms with E-state index >= 15 is 0 Å². The van der Waals surface area contributed by atoms with Crippen molar-refractivity contribution in [1.82, 2.24) is 0 Å². The average molecular weight is 352 g/mol. The molecule has 27 heavy (non-hydrogen) atoms. The highest BCUT2D eigenvalue weighted by atomic mass is 14.8. The minimum atomic E-state index is 0.521. The van der Waals surface area contributed by atoms with E-state index in [-0.39, 0.29) is 0 Å². The average Bonchev–Trinajstić information content (AvgIpc) is 3.14. The minimum absolute atomic E-state index is 0.521. The van der Waals surface area contributed by atoms with Gasteiger partial charge in [0.15, 0.2) is 0 Å². The van der Waals surface area contributed by atoms with Crippen LogP contribution in [0.5, 0.6) is 0 Å². The topological polar surface area (TPSA) is 90.4 Å². The third-order valence-electron chi connectivity index (χ3n) is 5.33. The van der Waals surface area contributed by atoms with Gasteiger partial charge in [-0.15, -0.1) is 0 Å². The first-order chi connectivity index (χ1) is 13.1. The zero-order valence-electron chi connectivity index (χ0n) is 14.9. The molecule has 0 atom stereocenters. The third-order valence-corrected chi connectivity index (χ3v) is 5.33. The summed E-state index contributed by atoms with van der Waals surface area (Å²) in [6.07, 6.45) is 0.772. The van der Waals surface area contributed by atoms with E-state index in [2.05, 4.69) is 30.3 Å². The molecule has 4 aromatic carbocycles. The lowest BCUT2D eigenvalue weighted by molar-refractivity contribution is 1.07. The van der Waals surface area contributed by atoms with Crippen LogP contribution >= 0.6 is 0 Å². The highest BCUT2D eigenvalue weighted by Crippen LogP contribution is 2.43. The number of fused-ring (bicyclic) bond motifs is 6.